The third kappa shape index (κ3) is 5.31. The standard InChI is InChI=1S/C22H26N4O3.ClH/c1-23-12-7-13-24-22(27)19-15-26(16-8-5-4-6-9-16)25-21(19)18-14-17(28-2)10-11-20(18)29-3;/h4-6,8-11,14-15,23H,7,12-13H2,1-3H3,(H,24,27);1H. The van der Waals surface area contributed by atoms with Gasteiger partial charge in [0.1, 0.15) is 17.2 Å². The number of hydrogen-bond acceptors (Lipinski definition) is 5. The van der Waals surface area contributed by atoms with Gasteiger partial charge in [-0.1, -0.05) is 18.2 Å². The summed E-state index contributed by atoms with van der Waals surface area (Å²) in [7, 11) is 5.08. The number of benzene rings is 2. The first-order valence-corrected chi connectivity index (χ1v) is 9.48. The van der Waals surface area contributed by atoms with Gasteiger partial charge in [-0.2, -0.15) is 5.10 Å². The monoisotopic (exact) mass is 430 g/mol. The molecule has 0 saturated heterocycles. The van der Waals surface area contributed by atoms with Crippen LogP contribution in [0.5, 0.6) is 11.5 Å². The van der Waals surface area contributed by atoms with Crippen molar-refractivity contribution in [3.8, 4) is 28.4 Å². The van der Waals surface area contributed by atoms with E-state index in [4.69, 9.17) is 14.6 Å². The number of hydrogen-bond donors (Lipinski definition) is 2. The molecule has 30 heavy (non-hydrogen) atoms. The molecule has 0 bridgehead atoms. The Kier molecular flexibility index (Phi) is 8.70. The van der Waals surface area contributed by atoms with E-state index in [-0.39, 0.29) is 18.3 Å². The fourth-order valence-electron chi connectivity index (χ4n) is 3.01. The maximum Gasteiger partial charge on any atom is 0.255 e. The van der Waals surface area contributed by atoms with Gasteiger partial charge in [-0.15, -0.1) is 12.4 Å². The van der Waals surface area contributed by atoms with Crippen molar-refractivity contribution in [3.05, 3.63) is 60.3 Å². The normalized spacial score (nSPS) is 10.2. The number of ether oxygens (including phenoxy) is 2. The van der Waals surface area contributed by atoms with Gasteiger partial charge in [0, 0.05) is 18.3 Å². The Morgan fingerprint density at radius 2 is 1.83 bits per heavy atom. The first kappa shape index (κ1) is 23.3. The van der Waals surface area contributed by atoms with E-state index in [1.807, 2.05) is 55.6 Å². The Labute approximate surface area is 182 Å². The van der Waals surface area contributed by atoms with Crippen LogP contribution in [0, 0.1) is 0 Å². The van der Waals surface area contributed by atoms with Crippen molar-refractivity contribution in [2.24, 2.45) is 0 Å². The van der Waals surface area contributed by atoms with E-state index in [0.29, 0.717) is 34.9 Å². The molecule has 1 aromatic heterocycles. The Hall–Kier alpha value is -3.03. The number of rotatable bonds is 9. The lowest BCUT2D eigenvalue weighted by atomic mass is 10.1. The predicted molar refractivity (Wildman–Crippen MR) is 120 cm³/mol. The van der Waals surface area contributed by atoms with Crippen molar-refractivity contribution in [1.82, 2.24) is 20.4 Å². The molecule has 1 amide bonds. The first-order valence-electron chi connectivity index (χ1n) is 9.48. The van der Waals surface area contributed by atoms with Gasteiger partial charge >= 0.3 is 0 Å². The van der Waals surface area contributed by atoms with Gasteiger partial charge in [0.15, 0.2) is 0 Å². The number of methoxy groups -OCH3 is 2. The molecular formula is C22H27ClN4O3. The number of aromatic nitrogens is 2. The summed E-state index contributed by atoms with van der Waals surface area (Å²) in [5.74, 6) is 1.10. The zero-order chi connectivity index (χ0) is 20.6. The van der Waals surface area contributed by atoms with E-state index in [0.717, 1.165) is 18.7 Å². The Morgan fingerprint density at radius 1 is 1.07 bits per heavy atom. The minimum Gasteiger partial charge on any atom is -0.497 e. The molecule has 2 aromatic carbocycles. The summed E-state index contributed by atoms with van der Waals surface area (Å²) >= 11 is 0. The Bertz CT molecular complexity index is 960. The van der Waals surface area contributed by atoms with Gasteiger partial charge in [0.05, 0.1) is 25.5 Å². The number of nitrogens with one attached hydrogen (secondary N) is 2. The van der Waals surface area contributed by atoms with Gasteiger partial charge in [-0.25, -0.2) is 4.68 Å². The summed E-state index contributed by atoms with van der Waals surface area (Å²) in [6.45, 7) is 1.41. The number of nitrogens with zero attached hydrogens (tertiary/aromatic N) is 2. The van der Waals surface area contributed by atoms with E-state index in [1.54, 1.807) is 25.1 Å². The molecule has 3 aromatic rings. The van der Waals surface area contributed by atoms with Crippen LogP contribution in [0.2, 0.25) is 0 Å². The lowest BCUT2D eigenvalue weighted by molar-refractivity contribution is 0.0954. The lowest BCUT2D eigenvalue weighted by Gasteiger charge is -2.10. The summed E-state index contributed by atoms with van der Waals surface area (Å²) in [5, 5.41) is 10.8. The highest BCUT2D eigenvalue weighted by Gasteiger charge is 2.21. The van der Waals surface area contributed by atoms with Crippen molar-refractivity contribution in [2.75, 3.05) is 34.4 Å². The van der Waals surface area contributed by atoms with Crippen LogP contribution in [0.3, 0.4) is 0 Å². The van der Waals surface area contributed by atoms with Crippen LogP contribution >= 0.6 is 12.4 Å². The molecular weight excluding hydrogens is 404 g/mol. The molecule has 0 unspecified atom stereocenters. The third-order valence-corrected chi connectivity index (χ3v) is 4.53. The summed E-state index contributed by atoms with van der Waals surface area (Å²) in [6, 6.07) is 15.1. The van der Waals surface area contributed by atoms with Gasteiger partial charge < -0.3 is 20.1 Å². The zero-order valence-corrected chi connectivity index (χ0v) is 18.2. The second kappa shape index (κ2) is 11.2. The Balaban J connectivity index is 0.00000320. The molecule has 1 heterocycles. The molecule has 0 radical (unpaired) electrons. The zero-order valence-electron chi connectivity index (χ0n) is 17.3. The second-order valence-corrected chi connectivity index (χ2v) is 6.45. The predicted octanol–water partition coefficient (Wildman–Crippen LogP) is 3.32. The lowest BCUT2D eigenvalue weighted by Crippen LogP contribution is -2.26. The van der Waals surface area contributed by atoms with E-state index >= 15 is 0 Å². The van der Waals surface area contributed by atoms with Crippen LogP contribution in [0.25, 0.3) is 16.9 Å². The fourth-order valence-corrected chi connectivity index (χ4v) is 3.01. The number of amides is 1. The third-order valence-electron chi connectivity index (χ3n) is 4.53. The number of carbonyl (C=O) groups excluding carboxylic acids is 1. The Morgan fingerprint density at radius 3 is 2.50 bits per heavy atom. The van der Waals surface area contributed by atoms with Crippen molar-refractivity contribution >= 4 is 18.3 Å². The molecule has 0 spiro atoms. The maximum atomic E-state index is 12.9. The smallest absolute Gasteiger partial charge is 0.255 e. The van der Waals surface area contributed by atoms with E-state index < -0.39 is 0 Å². The van der Waals surface area contributed by atoms with Crippen LogP contribution in [-0.2, 0) is 0 Å². The minimum absolute atomic E-state index is 0. The second-order valence-electron chi connectivity index (χ2n) is 6.45. The topological polar surface area (TPSA) is 77.4 Å². The highest BCUT2D eigenvalue weighted by atomic mass is 35.5. The fraction of sp³-hybridized carbons (Fsp3) is 0.273. The van der Waals surface area contributed by atoms with Crippen LogP contribution in [0.4, 0.5) is 0 Å². The van der Waals surface area contributed by atoms with E-state index in [1.165, 1.54) is 0 Å². The summed E-state index contributed by atoms with van der Waals surface area (Å²) in [5.41, 5.74) is 2.58. The van der Waals surface area contributed by atoms with Crippen molar-refractivity contribution in [1.29, 1.82) is 0 Å². The van der Waals surface area contributed by atoms with Crippen LogP contribution in [0.15, 0.2) is 54.7 Å². The number of halogens is 1. The summed E-state index contributed by atoms with van der Waals surface area (Å²) in [4.78, 5) is 12.9. The number of para-hydroxylation sites is 1. The minimum atomic E-state index is -0.178. The molecule has 0 aliphatic rings. The average molecular weight is 431 g/mol. The van der Waals surface area contributed by atoms with Crippen LogP contribution < -0.4 is 20.1 Å². The van der Waals surface area contributed by atoms with E-state index in [9.17, 15) is 4.79 Å². The SMILES string of the molecule is CNCCCNC(=O)c1cn(-c2ccccc2)nc1-c1cc(OC)ccc1OC.Cl. The maximum absolute atomic E-state index is 12.9. The highest BCUT2D eigenvalue weighted by Crippen LogP contribution is 2.35. The van der Waals surface area contributed by atoms with E-state index in [2.05, 4.69) is 10.6 Å². The molecule has 8 heteroatoms. The van der Waals surface area contributed by atoms with Crippen molar-refractivity contribution < 1.29 is 14.3 Å². The average Bonchev–Trinajstić information content (AvgIpc) is 3.22. The van der Waals surface area contributed by atoms with Crippen LogP contribution in [-0.4, -0.2) is 50.0 Å². The van der Waals surface area contributed by atoms with Gasteiger partial charge in [-0.3, -0.25) is 4.79 Å². The number of carbonyl (C=O) groups is 1. The molecule has 0 atom stereocenters. The molecule has 0 saturated carbocycles. The summed E-state index contributed by atoms with van der Waals surface area (Å²) in [6.07, 6.45) is 2.59. The molecule has 3 rings (SSSR count). The molecule has 160 valence electrons. The largest absolute Gasteiger partial charge is 0.497 e. The van der Waals surface area contributed by atoms with Gasteiger partial charge in [0.2, 0.25) is 0 Å². The quantitative estimate of drug-likeness (QED) is 0.509. The summed E-state index contributed by atoms with van der Waals surface area (Å²) < 4.78 is 12.6. The highest BCUT2D eigenvalue weighted by molar-refractivity contribution is 6.00. The molecule has 0 aliphatic carbocycles. The molecule has 2 N–H and O–H groups in total. The molecule has 7 nitrogen and oxygen atoms in total. The first-order chi connectivity index (χ1) is 14.2. The van der Waals surface area contributed by atoms with Crippen LogP contribution in [0.1, 0.15) is 16.8 Å². The molecule has 0 aliphatic heterocycles. The van der Waals surface area contributed by atoms with Gasteiger partial charge in [0.25, 0.3) is 5.91 Å². The van der Waals surface area contributed by atoms with Crippen molar-refractivity contribution in [3.63, 3.8) is 0 Å². The van der Waals surface area contributed by atoms with Gasteiger partial charge in [-0.05, 0) is 50.3 Å². The molecule has 0 fully saturated rings. The van der Waals surface area contributed by atoms with Crippen molar-refractivity contribution in [2.45, 2.75) is 6.42 Å².